The minimum Gasteiger partial charge on any atom is -0.485 e. The predicted molar refractivity (Wildman–Crippen MR) is 76.7 cm³/mol. The third-order valence-electron chi connectivity index (χ3n) is 4.44. The van der Waals surface area contributed by atoms with Gasteiger partial charge in [-0.25, -0.2) is 8.78 Å². The van der Waals surface area contributed by atoms with Crippen LogP contribution in [0.4, 0.5) is 8.78 Å². The van der Waals surface area contributed by atoms with Crippen LogP contribution in [0.3, 0.4) is 0 Å². The lowest BCUT2D eigenvalue weighted by molar-refractivity contribution is -0.0329. The van der Waals surface area contributed by atoms with Crippen LogP contribution < -0.4 is 4.74 Å². The molecule has 0 heterocycles. The lowest BCUT2D eigenvalue weighted by atomic mass is 9.64. The Morgan fingerprint density at radius 3 is 2.47 bits per heavy atom. The van der Waals surface area contributed by atoms with E-state index in [9.17, 15) is 8.78 Å². The van der Waals surface area contributed by atoms with Crippen LogP contribution in [-0.2, 0) is 0 Å². The van der Waals surface area contributed by atoms with Gasteiger partial charge in [0.25, 0.3) is 0 Å². The second kappa shape index (κ2) is 4.99. The molecule has 1 nitrogen and oxygen atoms in total. The maximum absolute atomic E-state index is 13.8. The number of rotatable bonds is 2. The van der Waals surface area contributed by atoms with Crippen molar-refractivity contribution in [2.75, 3.05) is 0 Å². The average Bonchev–Trinajstić information content (AvgIpc) is 2.84. The van der Waals surface area contributed by atoms with Crippen molar-refractivity contribution in [3.8, 4) is 5.75 Å². The fraction of sp³-hybridized carbons (Fsp3) is 0.571. The monoisotopic (exact) mass is 394 g/mol. The van der Waals surface area contributed by atoms with Gasteiger partial charge in [0.2, 0.25) is 0 Å². The lowest BCUT2D eigenvalue weighted by Gasteiger charge is -2.51. The Hall–Kier alpha value is -0.160. The quantitative estimate of drug-likeness (QED) is 0.625. The van der Waals surface area contributed by atoms with E-state index in [1.807, 2.05) is 0 Å². The van der Waals surface area contributed by atoms with Gasteiger partial charge in [-0.05, 0) is 41.3 Å². The van der Waals surface area contributed by atoms with Crippen molar-refractivity contribution >= 4 is 31.9 Å². The zero-order chi connectivity index (χ0) is 13.6. The van der Waals surface area contributed by atoms with Gasteiger partial charge in [0.05, 0.1) is 4.47 Å². The van der Waals surface area contributed by atoms with Gasteiger partial charge in [-0.1, -0.05) is 28.8 Å². The van der Waals surface area contributed by atoms with E-state index in [1.165, 1.54) is 18.9 Å². The fourth-order valence-corrected chi connectivity index (χ4v) is 4.91. The Balaban J connectivity index is 1.83. The largest absolute Gasteiger partial charge is 0.485 e. The first-order valence-corrected chi connectivity index (χ1v) is 8.19. The Morgan fingerprint density at radius 2 is 1.89 bits per heavy atom. The van der Waals surface area contributed by atoms with Crippen molar-refractivity contribution in [3.63, 3.8) is 0 Å². The van der Waals surface area contributed by atoms with E-state index >= 15 is 0 Å². The van der Waals surface area contributed by atoms with Gasteiger partial charge in [0.15, 0.2) is 11.6 Å². The molecule has 1 aromatic rings. The molecule has 5 heteroatoms. The zero-order valence-electron chi connectivity index (χ0n) is 10.3. The van der Waals surface area contributed by atoms with Crippen LogP contribution in [0.15, 0.2) is 16.6 Å². The second-order valence-electron chi connectivity index (χ2n) is 5.45. The first-order chi connectivity index (χ1) is 9.03. The summed E-state index contributed by atoms with van der Waals surface area (Å²) in [6.07, 6.45) is 5.55. The van der Waals surface area contributed by atoms with Gasteiger partial charge >= 0.3 is 0 Å². The van der Waals surface area contributed by atoms with Crippen molar-refractivity contribution < 1.29 is 13.5 Å². The van der Waals surface area contributed by atoms with Crippen LogP contribution in [-0.4, -0.2) is 10.9 Å². The predicted octanol–water partition coefficient (Wildman–Crippen LogP) is 5.20. The van der Waals surface area contributed by atoms with E-state index < -0.39 is 11.6 Å². The molecule has 0 bridgehead atoms. The Morgan fingerprint density at radius 1 is 1.21 bits per heavy atom. The molecule has 2 aliphatic rings. The highest BCUT2D eigenvalue weighted by Gasteiger charge is 2.56. The summed E-state index contributed by atoms with van der Waals surface area (Å²) in [5.74, 6) is -1.10. The van der Waals surface area contributed by atoms with E-state index in [0.717, 1.165) is 25.3 Å². The van der Waals surface area contributed by atoms with Gasteiger partial charge in [0, 0.05) is 16.3 Å². The summed E-state index contributed by atoms with van der Waals surface area (Å²) in [7, 11) is 0. The van der Waals surface area contributed by atoms with Crippen molar-refractivity contribution in [3.05, 3.63) is 28.2 Å². The van der Waals surface area contributed by atoms with Gasteiger partial charge in [-0.3, -0.25) is 0 Å². The molecule has 2 aliphatic carbocycles. The minimum absolute atomic E-state index is 0.0237. The van der Waals surface area contributed by atoms with Crippen molar-refractivity contribution in [1.29, 1.82) is 0 Å². The van der Waals surface area contributed by atoms with E-state index in [4.69, 9.17) is 4.74 Å². The number of hydrogen-bond donors (Lipinski definition) is 0. The van der Waals surface area contributed by atoms with Crippen LogP contribution in [0.25, 0.3) is 0 Å². The van der Waals surface area contributed by atoms with Crippen LogP contribution in [0.2, 0.25) is 0 Å². The molecule has 3 rings (SSSR count). The molecule has 0 N–H and O–H groups in total. The number of alkyl halides is 1. The molecule has 0 saturated heterocycles. The lowest BCUT2D eigenvalue weighted by Crippen LogP contribution is -2.55. The zero-order valence-corrected chi connectivity index (χ0v) is 13.4. The van der Waals surface area contributed by atoms with Gasteiger partial charge in [-0.15, -0.1) is 0 Å². The summed E-state index contributed by atoms with van der Waals surface area (Å²) in [6.45, 7) is 0. The normalized spacial score (nSPS) is 28.4. The molecule has 0 aromatic heterocycles. The van der Waals surface area contributed by atoms with Crippen molar-refractivity contribution in [2.24, 2.45) is 5.41 Å². The highest BCUT2D eigenvalue weighted by molar-refractivity contribution is 9.10. The van der Waals surface area contributed by atoms with Crippen LogP contribution in [0.1, 0.15) is 32.1 Å². The van der Waals surface area contributed by atoms with E-state index in [2.05, 4.69) is 31.9 Å². The van der Waals surface area contributed by atoms with E-state index in [-0.39, 0.29) is 17.3 Å². The summed E-state index contributed by atoms with van der Waals surface area (Å²) in [5, 5.41) is 0. The highest BCUT2D eigenvalue weighted by Crippen LogP contribution is 2.58. The summed E-state index contributed by atoms with van der Waals surface area (Å²) < 4.78 is 33.1. The van der Waals surface area contributed by atoms with Gasteiger partial charge in [0.1, 0.15) is 11.9 Å². The summed E-state index contributed by atoms with van der Waals surface area (Å²) in [5.41, 5.74) is 0.139. The summed E-state index contributed by atoms with van der Waals surface area (Å²) >= 11 is 6.88. The highest BCUT2D eigenvalue weighted by atomic mass is 79.9. The second-order valence-corrected chi connectivity index (χ2v) is 7.41. The SMILES string of the molecule is Fc1cc(F)c(OC2CC(Br)C23CCCC3)c(Br)c1. The smallest absolute Gasteiger partial charge is 0.169 e. The molecule has 2 saturated carbocycles. The third kappa shape index (κ3) is 2.23. The van der Waals surface area contributed by atoms with Crippen molar-refractivity contribution in [2.45, 2.75) is 43.0 Å². The molecular formula is C14H14Br2F2O. The maximum atomic E-state index is 13.8. The van der Waals surface area contributed by atoms with Crippen LogP contribution in [0, 0.1) is 17.0 Å². The van der Waals surface area contributed by atoms with Gasteiger partial charge < -0.3 is 4.74 Å². The fourth-order valence-electron chi connectivity index (χ4n) is 3.32. The van der Waals surface area contributed by atoms with Crippen molar-refractivity contribution in [1.82, 2.24) is 0 Å². The standard InChI is InChI=1S/C14H14Br2F2O/c15-9-5-8(17)6-10(18)13(9)19-12-7-11(16)14(12)3-1-2-4-14/h5-6,11-12H,1-4,7H2. The molecule has 2 fully saturated rings. The Bertz CT molecular complexity index is 477. The number of hydrogen-bond acceptors (Lipinski definition) is 1. The molecule has 0 amide bonds. The summed E-state index contributed by atoms with van der Waals surface area (Å²) in [4.78, 5) is 0.454. The van der Waals surface area contributed by atoms with E-state index in [1.54, 1.807) is 0 Å². The third-order valence-corrected chi connectivity index (χ3v) is 6.32. The van der Waals surface area contributed by atoms with Crippen LogP contribution in [0.5, 0.6) is 5.75 Å². The molecule has 0 radical (unpaired) electrons. The molecule has 104 valence electrons. The first-order valence-electron chi connectivity index (χ1n) is 6.48. The molecule has 1 spiro atoms. The van der Waals surface area contributed by atoms with E-state index in [0.29, 0.717) is 9.30 Å². The maximum Gasteiger partial charge on any atom is 0.169 e. The van der Waals surface area contributed by atoms with Crippen LogP contribution >= 0.6 is 31.9 Å². The summed E-state index contributed by atoms with van der Waals surface area (Å²) in [6, 6.07) is 2.11. The molecule has 0 aliphatic heterocycles. The molecule has 2 unspecified atom stereocenters. The Kier molecular flexibility index (Phi) is 3.63. The topological polar surface area (TPSA) is 9.23 Å². The number of benzene rings is 1. The Labute approximate surface area is 128 Å². The first kappa shape index (κ1) is 13.8. The molecule has 2 atom stereocenters. The number of halogens is 4. The minimum atomic E-state index is -0.641. The molecule has 19 heavy (non-hydrogen) atoms. The molecular weight excluding hydrogens is 382 g/mol. The number of ether oxygens (including phenoxy) is 1. The average molecular weight is 396 g/mol. The van der Waals surface area contributed by atoms with Gasteiger partial charge in [-0.2, -0.15) is 0 Å². The molecule has 1 aromatic carbocycles.